The number of nitrogens with one attached hydrogen (secondary N) is 1. The van der Waals surface area contributed by atoms with Crippen LogP contribution in [0.3, 0.4) is 0 Å². The van der Waals surface area contributed by atoms with Crippen molar-refractivity contribution < 1.29 is 0 Å². The van der Waals surface area contributed by atoms with Gasteiger partial charge in [-0.05, 0) is 80.3 Å². The highest BCUT2D eigenvalue weighted by atomic mass is 32.1. The Balaban J connectivity index is 2.16. The number of benzene rings is 1. The predicted octanol–water partition coefficient (Wildman–Crippen LogP) is 5.10. The molecule has 0 amide bonds. The quantitative estimate of drug-likeness (QED) is 0.632. The van der Waals surface area contributed by atoms with E-state index < -0.39 is 0 Å². The topological polar surface area (TPSA) is 41.8 Å². The number of rotatable bonds is 5. The smallest absolute Gasteiger partial charge is 0.0598 e. The Hall–Kier alpha value is -1.58. The van der Waals surface area contributed by atoms with Crippen LogP contribution >= 0.6 is 11.3 Å². The van der Waals surface area contributed by atoms with Crippen molar-refractivity contribution in [3.05, 3.63) is 45.8 Å². The number of aromatic amines is 1. The summed E-state index contributed by atoms with van der Waals surface area (Å²) < 4.78 is 0. The standard InChI is InChI=1S/C19H24N2S/c1-12-10-17(22-11-12)19-15(6-4-5-9-20)16-8-7-13(2)14(3)18(16)21-19/h7-8,10-11,21H,4-6,9,20H2,1-3H3. The zero-order valence-electron chi connectivity index (χ0n) is 13.6. The monoisotopic (exact) mass is 312 g/mol. The molecule has 3 aromatic rings. The Labute approximate surface area is 136 Å². The van der Waals surface area contributed by atoms with Crippen LogP contribution in [0.2, 0.25) is 0 Å². The van der Waals surface area contributed by atoms with E-state index in [1.165, 1.54) is 43.7 Å². The minimum atomic E-state index is 0.772. The second-order valence-corrected chi connectivity index (χ2v) is 7.05. The highest BCUT2D eigenvalue weighted by Crippen LogP contribution is 2.36. The van der Waals surface area contributed by atoms with Crippen molar-refractivity contribution in [2.45, 2.75) is 40.0 Å². The lowest BCUT2D eigenvalue weighted by molar-refractivity contribution is 0.748. The largest absolute Gasteiger partial charge is 0.353 e. The minimum absolute atomic E-state index is 0.772. The van der Waals surface area contributed by atoms with Crippen LogP contribution in [0.1, 0.15) is 35.1 Å². The fraction of sp³-hybridized carbons (Fsp3) is 0.368. The van der Waals surface area contributed by atoms with Gasteiger partial charge in [0.15, 0.2) is 0 Å². The van der Waals surface area contributed by atoms with Gasteiger partial charge >= 0.3 is 0 Å². The van der Waals surface area contributed by atoms with E-state index in [4.69, 9.17) is 5.73 Å². The van der Waals surface area contributed by atoms with Gasteiger partial charge in [0, 0.05) is 10.9 Å². The highest BCUT2D eigenvalue weighted by Gasteiger charge is 2.16. The van der Waals surface area contributed by atoms with Crippen LogP contribution in [0.25, 0.3) is 21.5 Å². The van der Waals surface area contributed by atoms with E-state index in [0.717, 1.165) is 25.8 Å². The molecule has 2 aromatic heterocycles. The molecule has 3 N–H and O–H groups in total. The van der Waals surface area contributed by atoms with Crippen LogP contribution in [0.15, 0.2) is 23.6 Å². The summed E-state index contributed by atoms with van der Waals surface area (Å²) in [4.78, 5) is 5.05. The lowest BCUT2D eigenvalue weighted by Crippen LogP contribution is -1.99. The van der Waals surface area contributed by atoms with E-state index in [1.54, 1.807) is 0 Å². The van der Waals surface area contributed by atoms with Crippen molar-refractivity contribution in [3.8, 4) is 10.6 Å². The fourth-order valence-electron chi connectivity index (χ4n) is 3.04. The van der Waals surface area contributed by atoms with E-state index >= 15 is 0 Å². The SMILES string of the molecule is Cc1csc(-c2[nH]c3c(C)c(C)ccc3c2CCCCN)c1. The third-order valence-electron chi connectivity index (χ3n) is 4.47. The summed E-state index contributed by atoms with van der Waals surface area (Å²) >= 11 is 1.83. The zero-order valence-corrected chi connectivity index (χ0v) is 14.4. The predicted molar refractivity (Wildman–Crippen MR) is 97.8 cm³/mol. The summed E-state index contributed by atoms with van der Waals surface area (Å²) in [5.41, 5.74) is 13.8. The number of hydrogen-bond donors (Lipinski definition) is 2. The van der Waals surface area contributed by atoms with Crippen LogP contribution in [0, 0.1) is 20.8 Å². The van der Waals surface area contributed by atoms with Gasteiger partial charge in [-0.1, -0.05) is 12.1 Å². The molecule has 3 heteroatoms. The molecule has 0 bridgehead atoms. The van der Waals surface area contributed by atoms with Crippen molar-refractivity contribution in [1.29, 1.82) is 0 Å². The number of aryl methyl sites for hydroxylation is 4. The molecule has 2 nitrogen and oxygen atoms in total. The van der Waals surface area contributed by atoms with Gasteiger partial charge in [-0.25, -0.2) is 0 Å². The van der Waals surface area contributed by atoms with Crippen LogP contribution in [0.4, 0.5) is 0 Å². The number of aromatic nitrogens is 1. The lowest BCUT2D eigenvalue weighted by atomic mass is 10.00. The molecule has 0 aliphatic heterocycles. The first-order chi connectivity index (χ1) is 10.6. The summed E-state index contributed by atoms with van der Waals surface area (Å²) in [5, 5.41) is 3.60. The number of nitrogens with two attached hydrogens (primary N) is 1. The summed E-state index contributed by atoms with van der Waals surface area (Å²) in [6.45, 7) is 7.32. The van der Waals surface area contributed by atoms with E-state index in [-0.39, 0.29) is 0 Å². The highest BCUT2D eigenvalue weighted by molar-refractivity contribution is 7.13. The molecule has 22 heavy (non-hydrogen) atoms. The van der Waals surface area contributed by atoms with Gasteiger partial charge in [-0.2, -0.15) is 0 Å². The second-order valence-electron chi connectivity index (χ2n) is 6.14. The molecule has 3 rings (SSSR count). The van der Waals surface area contributed by atoms with Gasteiger partial charge in [-0.3, -0.25) is 0 Å². The zero-order chi connectivity index (χ0) is 15.7. The molecule has 0 aliphatic carbocycles. The van der Waals surface area contributed by atoms with Gasteiger partial charge in [0.25, 0.3) is 0 Å². The number of thiophene rings is 1. The Morgan fingerprint density at radius 2 is 1.95 bits per heavy atom. The summed E-state index contributed by atoms with van der Waals surface area (Å²) in [6, 6.07) is 6.79. The maximum atomic E-state index is 5.67. The van der Waals surface area contributed by atoms with E-state index in [0.29, 0.717) is 0 Å². The van der Waals surface area contributed by atoms with E-state index in [1.807, 2.05) is 11.3 Å². The Kier molecular flexibility index (Phi) is 4.37. The number of fused-ring (bicyclic) bond motifs is 1. The second kappa shape index (κ2) is 6.27. The molecule has 0 fully saturated rings. The Morgan fingerprint density at radius 3 is 2.64 bits per heavy atom. The van der Waals surface area contributed by atoms with Gasteiger partial charge in [-0.15, -0.1) is 11.3 Å². The Morgan fingerprint density at radius 1 is 1.14 bits per heavy atom. The average Bonchev–Trinajstić information content (AvgIpc) is 3.08. The first-order valence-electron chi connectivity index (χ1n) is 7.98. The maximum Gasteiger partial charge on any atom is 0.0598 e. The first-order valence-corrected chi connectivity index (χ1v) is 8.86. The lowest BCUT2D eigenvalue weighted by Gasteiger charge is -2.04. The molecule has 1 aromatic carbocycles. The molecule has 0 radical (unpaired) electrons. The van der Waals surface area contributed by atoms with Crippen molar-refractivity contribution >= 4 is 22.2 Å². The maximum absolute atomic E-state index is 5.67. The van der Waals surface area contributed by atoms with Crippen molar-refractivity contribution in [2.75, 3.05) is 6.54 Å². The third-order valence-corrected chi connectivity index (χ3v) is 5.54. The van der Waals surface area contributed by atoms with Gasteiger partial charge in [0.1, 0.15) is 0 Å². The first kappa shape index (κ1) is 15.3. The van der Waals surface area contributed by atoms with Crippen molar-refractivity contribution in [3.63, 3.8) is 0 Å². The third kappa shape index (κ3) is 2.71. The molecule has 116 valence electrons. The molecule has 0 unspecified atom stereocenters. The molecule has 2 heterocycles. The Bertz CT molecular complexity index is 795. The number of hydrogen-bond acceptors (Lipinski definition) is 2. The minimum Gasteiger partial charge on any atom is -0.353 e. The van der Waals surface area contributed by atoms with Gasteiger partial charge in [0.2, 0.25) is 0 Å². The molecule has 0 atom stereocenters. The molecular weight excluding hydrogens is 288 g/mol. The van der Waals surface area contributed by atoms with Crippen molar-refractivity contribution in [2.24, 2.45) is 5.73 Å². The van der Waals surface area contributed by atoms with Crippen LogP contribution in [-0.4, -0.2) is 11.5 Å². The molecule has 0 aliphatic rings. The number of H-pyrrole nitrogens is 1. The van der Waals surface area contributed by atoms with Gasteiger partial charge in [0.05, 0.1) is 10.6 Å². The van der Waals surface area contributed by atoms with E-state index in [2.05, 4.69) is 49.3 Å². The summed E-state index contributed by atoms with van der Waals surface area (Å²) in [6.07, 6.45) is 3.32. The molecule has 0 saturated heterocycles. The van der Waals surface area contributed by atoms with E-state index in [9.17, 15) is 0 Å². The molecule has 0 spiro atoms. The van der Waals surface area contributed by atoms with Crippen LogP contribution in [0.5, 0.6) is 0 Å². The molecule has 0 saturated carbocycles. The molecular formula is C19H24N2S. The normalized spacial score (nSPS) is 11.5. The van der Waals surface area contributed by atoms with Crippen molar-refractivity contribution in [1.82, 2.24) is 4.98 Å². The average molecular weight is 312 g/mol. The fourth-order valence-corrected chi connectivity index (χ4v) is 3.97. The van der Waals surface area contributed by atoms with Crippen LogP contribution in [-0.2, 0) is 6.42 Å². The summed E-state index contributed by atoms with van der Waals surface area (Å²) in [5.74, 6) is 0. The van der Waals surface area contributed by atoms with Gasteiger partial charge < -0.3 is 10.7 Å². The summed E-state index contributed by atoms with van der Waals surface area (Å²) in [7, 11) is 0. The number of unbranched alkanes of at least 4 members (excludes halogenated alkanes) is 1. The van der Waals surface area contributed by atoms with Crippen LogP contribution < -0.4 is 5.73 Å².